The topological polar surface area (TPSA) is 83.9 Å². The van der Waals surface area contributed by atoms with Crippen LogP contribution in [0, 0.1) is 18.3 Å². The number of aliphatic hydroxyl groups is 1. The molecule has 0 saturated heterocycles. The van der Waals surface area contributed by atoms with Gasteiger partial charge in [-0.2, -0.15) is 11.8 Å². The number of imide groups is 1. The standard InChI is InChI=1S/C27H38ClNO5S/c1-17(16-27(3,4)5)14-23(31)29-20(11-13-35-6)25(32)24(26(29)33)21(30)8-7-12-34-22-10-9-19(28)15-18(22)2/h9-10,15,17,20,32H,7-8,11-14,16H2,1-6H3. The van der Waals surface area contributed by atoms with Gasteiger partial charge in [-0.3, -0.25) is 19.3 Å². The summed E-state index contributed by atoms with van der Waals surface area (Å²) in [4.78, 5) is 40.4. The van der Waals surface area contributed by atoms with Crippen LogP contribution in [0.5, 0.6) is 5.75 Å². The molecule has 1 heterocycles. The molecule has 1 aliphatic rings. The molecule has 1 aromatic carbocycles. The fourth-order valence-corrected chi connectivity index (χ4v) is 5.22. The number of rotatable bonds is 12. The Labute approximate surface area is 218 Å². The van der Waals surface area contributed by atoms with Crippen LogP contribution in [0.4, 0.5) is 0 Å². The molecule has 1 aliphatic heterocycles. The molecular weight excluding hydrogens is 486 g/mol. The van der Waals surface area contributed by atoms with Crippen LogP contribution < -0.4 is 4.74 Å². The van der Waals surface area contributed by atoms with E-state index in [0.717, 1.165) is 16.9 Å². The maximum atomic E-state index is 13.2. The Bertz CT molecular complexity index is 969. The predicted molar refractivity (Wildman–Crippen MR) is 142 cm³/mol. The quantitative estimate of drug-likeness (QED) is 0.261. The van der Waals surface area contributed by atoms with E-state index in [0.29, 0.717) is 29.4 Å². The van der Waals surface area contributed by atoms with Gasteiger partial charge in [0.1, 0.15) is 17.1 Å². The lowest BCUT2D eigenvalue weighted by Crippen LogP contribution is -2.42. The average Bonchev–Trinajstić information content (AvgIpc) is 2.98. The molecule has 6 nitrogen and oxygen atoms in total. The zero-order valence-electron chi connectivity index (χ0n) is 21.7. The van der Waals surface area contributed by atoms with Crippen molar-refractivity contribution in [2.45, 2.75) is 72.8 Å². The summed E-state index contributed by atoms with van der Waals surface area (Å²) in [5, 5.41) is 11.5. The Hall–Kier alpha value is -1.99. The average molecular weight is 524 g/mol. The molecule has 1 aromatic rings. The van der Waals surface area contributed by atoms with E-state index in [1.54, 1.807) is 30.0 Å². The number of hydrogen-bond donors (Lipinski definition) is 1. The van der Waals surface area contributed by atoms with Gasteiger partial charge < -0.3 is 9.84 Å². The van der Waals surface area contributed by atoms with E-state index in [9.17, 15) is 19.5 Å². The molecule has 35 heavy (non-hydrogen) atoms. The van der Waals surface area contributed by atoms with Crippen molar-refractivity contribution >= 4 is 41.0 Å². The number of carbonyl (C=O) groups excluding carboxylic acids is 3. The van der Waals surface area contributed by atoms with Gasteiger partial charge in [-0.05, 0) is 73.3 Å². The van der Waals surface area contributed by atoms with E-state index in [-0.39, 0.29) is 48.0 Å². The summed E-state index contributed by atoms with van der Waals surface area (Å²) in [5.74, 6) is -0.351. The van der Waals surface area contributed by atoms with Crippen LogP contribution in [0.3, 0.4) is 0 Å². The third kappa shape index (κ3) is 8.28. The van der Waals surface area contributed by atoms with Crippen molar-refractivity contribution in [3.63, 3.8) is 0 Å². The molecule has 194 valence electrons. The van der Waals surface area contributed by atoms with Crippen molar-refractivity contribution < 1.29 is 24.2 Å². The van der Waals surface area contributed by atoms with Gasteiger partial charge in [-0.1, -0.05) is 39.3 Å². The van der Waals surface area contributed by atoms with E-state index < -0.39 is 17.7 Å². The van der Waals surface area contributed by atoms with Crippen LogP contribution in [0.1, 0.15) is 65.4 Å². The lowest BCUT2D eigenvalue weighted by molar-refractivity contribution is -0.144. The number of thioether (sulfide) groups is 1. The summed E-state index contributed by atoms with van der Waals surface area (Å²) in [6, 6.07) is 4.52. The lowest BCUT2D eigenvalue weighted by Gasteiger charge is -2.27. The fourth-order valence-electron chi connectivity index (χ4n) is 4.53. The second-order valence-electron chi connectivity index (χ2n) is 10.5. The van der Waals surface area contributed by atoms with Crippen LogP contribution in [0.15, 0.2) is 29.5 Å². The molecule has 0 fully saturated rings. The number of carbonyl (C=O) groups is 3. The zero-order chi connectivity index (χ0) is 26.3. The summed E-state index contributed by atoms with van der Waals surface area (Å²) in [5.41, 5.74) is 0.693. The van der Waals surface area contributed by atoms with Crippen molar-refractivity contribution in [2.24, 2.45) is 11.3 Å². The summed E-state index contributed by atoms with van der Waals surface area (Å²) in [7, 11) is 0. The first kappa shape index (κ1) is 29.2. The molecule has 2 unspecified atom stereocenters. The first-order valence-corrected chi connectivity index (χ1v) is 13.8. The zero-order valence-corrected chi connectivity index (χ0v) is 23.2. The number of nitrogens with zero attached hydrogens (tertiary/aromatic N) is 1. The Kier molecular flexibility index (Phi) is 10.7. The minimum Gasteiger partial charge on any atom is -0.509 e. The third-order valence-electron chi connectivity index (χ3n) is 5.89. The van der Waals surface area contributed by atoms with Crippen LogP contribution in [0.25, 0.3) is 0 Å². The van der Waals surface area contributed by atoms with Crippen molar-refractivity contribution in [1.82, 2.24) is 4.90 Å². The molecule has 0 aromatic heterocycles. The van der Waals surface area contributed by atoms with Crippen LogP contribution in [0.2, 0.25) is 5.02 Å². The monoisotopic (exact) mass is 523 g/mol. The number of ether oxygens (including phenoxy) is 1. The first-order valence-electron chi connectivity index (χ1n) is 12.1. The number of Topliss-reactive ketones (excluding diaryl/α,β-unsaturated/α-hetero) is 1. The van der Waals surface area contributed by atoms with Gasteiger partial charge in [0, 0.05) is 17.9 Å². The highest BCUT2D eigenvalue weighted by Crippen LogP contribution is 2.32. The number of ketones is 1. The van der Waals surface area contributed by atoms with Crippen molar-refractivity contribution in [3.05, 3.63) is 40.1 Å². The second-order valence-corrected chi connectivity index (χ2v) is 11.9. The van der Waals surface area contributed by atoms with E-state index in [4.69, 9.17) is 16.3 Å². The molecule has 2 amide bonds. The van der Waals surface area contributed by atoms with E-state index in [1.807, 2.05) is 20.1 Å². The highest BCUT2D eigenvalue weighted by Gasteiger charge is 2.45. The Morgan fingerprint density at radius 2 is 1.97 bits per heavy atom. The molecule has 0 aliphatic carbocycles. The van der Waals surface area contributed by atoms with E-state index in [2.05, 4.69) is 20.8 Å². The van der Waals surface area contributed by atoms with Gasteiger partial charge in [0.2, 0.25) is 5.91 Å². The minimum absolute atomic E-state index is 0.0372. The Balaban J connectivity index is 2.06. The number of aliphatic hydroxyl groups excluding tert-OH is 1. The van der Waals surface area contributed by atoms with Crippen molar-refractivity contribution in [1.29, 1.82) is 0 Å². The number of amides is 2. The molecule has 8 heteroatoms. The smallest absolute Gasteiger partial charge is 0.268 e. The summed E-state index contributed by atoms with van der Waals surface area (Å²) in [6.45, 7) is 10.5. The predicted octanol–water partition coefficient (Wildman–Crippen LogP) is 6.14. The van der Waals surface area contributed by atoms with Crippen molar-refractivity contribution in [2.75, 3.05) is 18.6 Å². The summed E-state index contributed by atoms with van der Waals surface area (Å²) < 4.78 is 5.73. The Morgan fingerprint density at radius 1 is 1.29 bits per heavy atom. The molecular formula is C27H38ClNO5S. The van der Waals surface area contributed by atoms with Crippen LogP contribution in [-0.4, -0.2) is 52.3 Å². The molecule has 2 atom stereocenters. The SMILES string of the molecule is CSCCC1C(O)=C(C(=O)CCCOc2ccc(Cl)cc2C)C(=O)N1C(=O)CC(C)CC(C)(C)C. The molecule has 0 bridgehead atoms. The van der Waals surface area contributed by atoms with Crippen LogP contribution >= 0.6 is 23.4 Å². The fraction of sp³-hybridized carbons (Fsp3) is 0.593. The maximum Gasteiger partial charge on any atom is 0.268 e. The van der Waals surface area contributed by atoms with Gasteiger partial charge >= 0.3 is 0 Å². The summed E-state index contributed by atoms with van der Waals surface area (Å²) >= 11 is 7.52. The summed E-state index contributed by atoms with van der Waals surface area (Å²) in [6.07, 6.45) is 3.76. The van der Waals surface area contributed by atoms with Gasteiger partial charge in [0.25, 0.3) is 5.91 Å². The van der Waals surface area contributed by atoms with Gasteiger partial charge in [-0.15, -0.1) is 0 Å². The van der Waals surface area contributed by atoms with E-state index in [1.165, 1.54) is 0 Å². The number of hydrogen-bond acceptors (Lipinski definition) is 6. The number of benzene rings is 1. The molecule has 0 saturated carbocycles. The second kappa shape index (κ2) is 12.8. The molecule has 2 rings (SSSR count). The van der Waals surface area contributed by atoms with Gasteiger partial charge in [0.05, 0.1) is 12.6 Å². The molecule has 0 radical (unpaired) electrons. The molecule has 0 spiro atoms. The first-order chi connectivity index (χ1) is 16.4. The number of aryl methyl sites for hydroxylation is 1. The maximum absolute atomic E-state index is 13.2. The lowest BCUT2D eigenvalue weighted by atomic mass is 9.84. The highest BCUT2D eigenvalue weighted by molar-refractivity contribution is 7.98. The van der Waals surface area contributed by atoms with Crippen molar-refractivity contribution in [3.8, 4) is 5.75 Å². The third-order valence-corrected chi connectivity index (χ3v) is 6.76. The van der Waals surface area contributed by atoms with Gasteiger partial charge in [0.15, 0.2) is 5.78 Å². The Morgan fingerprint density at radius 3 is 2.57 bits per heavy atom. The van der Waals surface area contributed by atoms with Crippen LogP contribution in [-0.2, 0) is 14.4 Å². The number of halogens is 1. The highest BCUT2D eigenvalue weighted by atomic mass is 35.5. The molecule has 1 N–H and O–H groups in total. The van der Waals surface area contributed by atoms with E-state index >= 15 is 0 Å². The minimum atomic E-state index is -0.781. The van der Waals surface area contributed by atoms with Gasteiger partial charge in [-0.25, -0.2) is 0 Å². The largest absolute Gasteiger partial charge is 0.509 e. The normalized spacial score (nSPS) is 17.2.